The average Bonchev–Trinajstić information content (AvgIpc) is 3.53. The summed E-state index contributed by atoms with van der Waals surface area (Å²) in [5.74, 6) is 1.60. The number of carbonyl (C=O) groups is 3. The summed E-state index contributed by atoms with van der Waals surface area (Å²) in [6.45, 7) is 4.55. The van der Waals surface area contributed by atoms with Gasteiger partial charge < -0.3 is 9.80 Å². The van der Waals surface area contributed by atoms with E-state index in [-0.39, 0.29) is 30.2 Å². The molecule has 1 aromatic heterocycles. The number of rotatable bonds is 6. The van der Waals surface area contributed by atoms with Gasteiger partial charge in [-0.05, 0) is 31.7 Å². The summed E-state index contributed by atoms with van der Waals surface area (Å²) in [5.41, 5.74) is 2.94. The zero-order valence-corrected chi connectivity index (χ0v) is 19.0. The van der Waals surface area contributed by atoms with E-state index >= 15 is 0 Å². The fourth-order valence-corrected chi connectivity index (χ4v) is 5.03. The predicted molar refractivity (Wildman–Crippen MR) is 123 cm³/mol. The Bertz CT molecular complexity index is 1090. The molecule has 0 bridgehead atoms. The predicted octanol–water partition coefficient (Wildman–Crippen LogP) is 1.86. The normalized spacial score (nSPS) is 20.2. The van der Waals surface area contributed by atoms with Crippen LogP contribution in [0.5, 0.6) is 0 Å². The molecule has 172 valence electrons. The van der Waals surface area contributed by atoms with Gasteiger partial charge in [-0.25, -0.2) is 9.97 Å². The van der Waals surface area contributed by atoms with Crippen molar-refractivity contribution >= 4 is 23.5 Å². The molecular weight excluding hydrogens is 418 g/mol. The van der Waals surface area contributed by atoms with Crippen LogP contribution in [0.3, 0.4) is 0 Å². The lowest BCUT2D eigenvalue weighted by Crippen LogP contribution is -2.39. The first-order valence-electron chi connectivity index (χ1n) is 11.8. The third-order valence-electron chi connectivity index (χ3n) is 6.96. The third-order valence-corrected chi connectivity index (χ3v) is 6.96. The van der Waals surface area contributed by atoms with Crippen LogP contribution in [0.2, 0.25) is 0 Å². The highest BCUT2D eigenvalue weighted by Crippen LogP contribution is 2.33. The number of benzene rings is 1. The van der Waals surface area contributed by atoms with Crippen molar-refractivity contribution in [3.63, 3.8) is 0 Å². The average molecular weight is 448 g/mol. The molecule has 2 fully saturated rings. The van der Waals surface area contributed by atoms with Gasteiger partial charge >= 0.3 is 0 Å². The van der Waals surface area contributed by atoms with E-state index in [0.717, 1.165) is 36.3 Å². The van der Waals surface area contributed by atoms with Crippen LogP contribution in [0.1, 0.15) is 47.8 Å². The molecule has 0 spiro atoms. The number of nitrogens with zero attached hydrogens (tertiary/aromatic N) is 5. The minimum Gasteiger partial charge on any atom is -0.340 e. The van der Waals surface area contributed by atoms with Crippen LogP contribution in [0, 0.1) is 6.92 Å². The van der Waals surface area contributed by atoms with E-state index in [2.05, 4.69) is 12.1 Å². The highest BCUT2D eigenvalue weighted by atomic mass is 16.2. The molecule has 0 N–H and O–H groups in total. The quantitative estimate of drug-likeness (QED) is 0.675. The first-order valence-corrected chi connectivity index (χ1v) is 11.8. The van der Waals surface area contributed by atoms with Gasteiger partial charge in [-0.1, -0.05) is 30.3 Å². The molecule has 2 saturated heterocycles. The molecule has 1 unspecified atom stereocenters. The summed E-state index contributed by atoms with van der Waals surface area (Å²) < 4.78 is 0. The van der Waals surface area contributed by atoms with Gasteiger partial charge in [-0.15, -0.1) is 0 Å². The molecule has 4 heterocycles. The first-order chi connectivity index (χ1) is 16.0. The van der Waals surface area contributed by atoms with E-state index < -0.39 is 0 Å². The van der Waals surface area contributed by atoms with E-state index in [1.807, 2.05) is 30.0 Å². The second kappa shape index (κ2) is 8.92. The lowest BCUT2D eigenvalue weighted by atomic mass is 10.1. The van der Waals surface area contributed by atoms with E-state index in [1.165, 1.54) is 5.56 Å². The second-order valence-electron chi connectivity index (χ2n) is 9.17. The number of likely N-dealkylation sites (tertiary alicyclic amines) is 2. The molecule has 8 nitrogen and oxygen atoms in total. The molecule has 5 rings (SSSR count). The molecule has 3 aliphatic rings. The molecule has 8 heteroatoms. The van der Waals surface area contributed by atoms with Gasteiger partial charge in [-0.3, -0.25) is 19.3 Å². The van der Waals surface area contributed by atoms with Crippen molar-refractivity contribution in [1.29, 1.82) is 0 Å². The van der Waals surface area contributed by atoms with Crippen LogP contribution in [0.4, 0.5) is 5.82 Å². The topological polar surface area (TPSA) is 86.7 Å². The number of carbonyl (C=O) groups excluding carboxylic acids is 3. The molecule has 1 aromatic carbocycles. The van der Waals surface area contributed by atoms with Crippen molar-refractivity contribution in [1.82, 2.24) is 19.8 Å². The highest BCUT2D eigenvalue weighted by molar-refractivity contribution is 6.00. The van der Waals surface area contributed by atoms with Crippen LogP contribution >= 0.6 is 0 Å². The minimum atomic E-state index is -0.00898. The third kappa shape index (κ3) is 4.34. The second-order valence-corrected chi connectivity index (χ2v) is 9.17. The van der Waals surface area contributed by atoms with Crippen LogP contribution in [0.25, 0.3) is 0 Å². The molecular formula is C25H29N5O3. The first kappa shape index (κ1) is 21.6. The molecule has 3 aliphatic heterocycles. The van der Waals surface area contributed by atoms with Crippen molar-refractivity contribution in [3.05, 3.63) is 53.0 Å². The number of fused-ring (bicyclic) bond motifs is 1. The SMILES string of the molecule is Cc1nc(C2CCN(C(=O)CN3CCCC3=O)C2)nc2c1CC(=O)N2CCc1ccccc1. The number of aryl methyl sites for hydroxylation is 1. The number of amides is 3. The maximum atomic E-state index is 12.7. The Hall–Kier alpha value is -3.29. The Kier molecular flexibility index (Phi) is 5.83. The number of hydrogen-bond acceptors (Lipinski definition) is 5. The molecule has 0 saturated carbocycles. The molecule has 2 aromatic rings. The fourth-order valence-electron chi connectivity index (χ4n) is 5.03. The standard InChI is InChI=1S/C25H29N5O3/c1-17-20-14-22(32)30(13-9-18-6-3-2-4-7-18)25(20)27-24(26-17)19-10-12-29(15-19)23(33)16-28-11-5-8-21(28)31/h2-4,6-7,19H,5,8-16H2,1H3. The summed E-state index contributed by atoms with van der Waals surface area (Å²) in [7, 11) is 0. The van der Waals surface area contributed by atoms with E-state index in [9.17, 15) is 14.4 Å². The van der Waals surface area contributed by atoms with Gasteiger partial charge in [0.15, 0.2) is 0 Å². The van der Waals surface area contributed by atoms with Crippen molar-refractivity contribution in [3.8, 4) is 0 Å². The largest absolute Gasteiger partial charge is 0.340 e. The number of aromatic nitrogens is 2. The van der Waals surface area contributed by atoms with Crippen molar-refractivity contribution in [2.75, 3.05) is 37.6 Å². The molecule has 0 radical (unpaired) electrons. The summed E-state index contributed by atoms with van der Waals surface area (Å²) >= 11 is 0. The zero-order valence-electron chi connectivity index (χ0n) is 19.0. The smallest absolute Gasteiger partial charge is 0.242 e. The van der Waals surface area contributed by atoms with Crippen LogP contribution < -0.4 is 4.90 Å². The molecule has 33 heavy (non-hydrogen) atoms. The number of hydrogen-bond donors (Lipinski definition) is 0. The maximum absolute atomic E-state index is 12.7. The minimum absolute atomic E-state index is 0.00898. The molecule has 0 aliphatic carbocycles. The van der Waals surface area contributed by atoms with E-state index in [4.69, 9.17) is 9.97 Å². The lowest BCUT2D eigenvalue weighted by Gasteiger charge is -2.21. The van der Waals surface area contributed by atoms with Crippen LogP contribution in [0.15, 0.2) is 30.3 Å². The Morgan fingerprint density at radius 1 is 1.09 bits per heavy atom. The van der Waals surface area contributed by atoms with Gasteiger partial charge in [0.25, 0.3) is 0 Å². The summed E-state index contributed by atoms with van der Waals surface area (Å²) in [6, 6.07) is 10.1. The summed E-state index contributed by atoms with van der Waals surface area (Å²) in [4.78, 5) is 52.2. The van der Waals surface area contributed by atoms with E-state index in [1.54, 1.807) is 9.80 Å². The Morgan fingerprint density at radius 3 is 2.67 bits per heavy atom. The van der Waals surface area contributed by atoms with E-state index in [0.29, 0.717) is 44.8 Å². The summed E-state index contributed by atoms with van der Waals surface area (Å²) in [6.07, 6.45) is 3.27. The lowest BCUT2D eigenvalue weighted by molar-refractivity contribution is -0.137. The van der Waals surface area contributed by atoms with Crippen molar-refractivity contribution < 1.29 is 14.4 Å². The zero-order chi connectivity index (χ0) is 22.9. The van der Waals surface area contributed by atoms with Gasteiger partial charge in [-0.2, -0.15) is 0 Å². The van der Waals surface area contributed by atoms with Crippen LogP contribution in [-0.2, 0) is 27.2 Å². The Labute approximate surface area is 193 Å². The van der Waals surface area contributed by atoms with Gasteiger partial charge in [0, 0.05) is 49.8 Å². The fraction of sp³-hybridized carbons (Fsp3) is 0.480. The van der Waals surface area contributed by atoms with Crippen molar-refractivity contribution in [2.45, 2.75) is 44.9 Å². The van der Waals surface area contributed by atoms with Crippen molar-refractivity contribution in [2.24, 2.45) is 0 Å². The highest BCUT2D eigenvalue weighted by Gasteiger charge is 2.35. The summed E-state index contributed by atoms with van der Waals surface area (Å²) in [5, 5.41) is 0. The maximum Gasteiger partial charge on any atom is 0.242 e. The number of anilines is 1. The molecule has 3 amide bonds. The van der Waals surface area contributed by atoms with Crippen LogP contribution in [-0.4, -0.2) is 70.2 Å². The van der Waals surface area contributed by atoms with Gasteiger partial charge in [0.05, 0.1) is 13.0 Å². The van der Waals surface area contributed by atoms with Gasteiger partial charge in [0.1, 0.15) is 11.6 Å². The monoisotopic (exact) mass is 447 g/mol. The Morgan fingerprint density at radius 2 is 1.91 bits per heavy atom. The Balaban J connectivity index is 1.28. The van der Waals surface area contributed by atoms with Gasteiger partial charge in [0.2, 0.25) is 17.7 Å². The molecule has 1 atom stereocenters.